The summed E-state index contributed by atoms with van der Waals surface area (Å²) in [6, 6.07) is 6.75. The van der Waals surface area contributed by atoms with Crippen molar-refractivity contribution in [3.63, 3.8) is 0 Å². The summed E-state index contributed by atoms with van der Waals surface area (Å²) in [6.07, 6.45) is 6.99. The van der Waals surface area contributed by atoms with Gasteiger partial charge in [0.25, 0.3) is 5.91 Å². The first-order chi connectivity index (χ1) is 15.1. The van der Waals surface area contributed by atoms with Crippen molar-refractivity contribution in [2.24, 2.45) is 0 Å². The molecule has 0 radical (unpaired) electrons. The molecule has 2 aliphatic heterocycles. The topological polar surface area (TPSA) is 64.6 Å². The Balaban J connectivity index is 1.40. The maximum Gasteiger partial charge on any atom is 0.271 e. The lowest BCUT2D eigenvalue weighted by atomic mass is 10.0. The molecule has 1 unspecified atom stereocenters. The summed E-state index contributed by atoms with van der Waals surface area (Å²) >= 11 is 1.59. The molecule has 1 amide bonds. The Bertz CT molecular complexity index is 807. The molecule has 0 saturated carbocycles. The Morgan fingerprint density at radius 1 is 1.10 bits per heavy atom. The molecule has 1 N–H and O–H groups in total. The Hall–Kier alpha value is -1.87. The van der Waals surface area contributed by atoms with Gasteiger partial charge in [-0.25, -0.2) is 0 Å². The summed E-state index contributed by atoms with van der Waals surface area (Å²) in [5.41, 5.74) is 2.28. The number of carbonyl (C=O) groups excluding carboxylic acids is 1. The third-order valence-corrected chi connectivity index (χ3v) is 7.39. The maximum atomic E-state index is 12.8. The van der Waals surface area contributed by atoms with Gasteiger partial charge in [-0.2, -0.15) is 0 Å². The number of rotatable bonds is 6. The van der Waals surface area contributed by atoms with E-state index in [1.807, 2.05) is 23.8 Å². The van der Waals surface area contributed by atoms with Gasteiger partial charge in [0.05, 0.1) is 10.4 Å². The SMILES string of the molecule is CC(C)N1CCC(N2CCCN(C(NC(=O)c3ccccn3)c3cncs3)CC2)CC1. The van der Waals surface area contributed by atoms with Crippen LogP contribution in [-0.4, -0.2) is 81.9 Å². The number of hydrogen-bond acceptors (Lipinski definition) is 7. The monoisotopic (exact) mass is 442 g/mol. The summed E-state index contributed by atoms with van der Waals surface area (Å²) < 4.78 is 0. The fourth-order valence-electron chi connectivity index (χ4n) is 4.75. The zero-order valence-electron chi connectivity index (χ0n) is 18.6. The highest BCUT2D eigenvalue weighted by molar-refractivity contribution is 7.09. The van der Waals surface area contributed by atoms with Gasteiger partial charge in [0.2, 0.25) is 0 Å². The van der Waals surface area contributed by atoms with E-state index in [-0.39, 0.29) is 12.1 Å². The molecule has 2 aromatic heterocycles. The molecule has 4 rings (SSSR count). The van der Waals surface area contributed by atoms with E-state index in [0.717, 1.165) is 37.5 Å². The summed E-state index contributed by atoms with van der Waals surface area (Å²) in [5, 5.41) is 3.22. The van der Waals surface area contributed by atoms with E-state index in [1.54, 1.807) is 23.6 Å². The first kappa shape index (κ1) is 22.3. The molecular weight excluding hydrogens is 408 g/mol. The van der Waals surface area contributed by atoms with E-state index in [4.69, 9.17) is 0 Å². The molecule has 7 nitrogen and oxygen atoms in total. The van der Waals surface area contributed by atoms with Crippen LogP contribution >= 0.6 is 11.3 Å². The van der Waals surface area contributed by atoms with Gasteiger partial charge in [-0.15, -0.1) is 11.3 Å². The van der Waals surface area contributed by atoms with Crippen LogP contribution in [0.5, 0.6) is 0 Å². The lowest BCUT2D eigenvalue weighted by Crippen LogP contribution is -2.48. The van der Waals surface area contributed by atoms with Crippen LogP contribution in [0.25, 0.3) is 0 Å². The number of likely N-dealkylation sites (tertiary alicyclic amines) is 1. The smallest absolute Gasteiger partial charge is 0.271 e. The van der Waals surface area contributed by atoms with E-state index in [1.165, 1.54) is 25.9 Å². The number of hydrogen-bond donors (Lipinski definition) is 1. The van der Waals surface area contributed by atoms with Gasteiger partial charge >= 0.3 is 0 Å². The highest BCUT2D eigenvalue weighted by Crippen LogP contribution is 2.25. The highest BCUT2D eigenvalue weighted by Gasteiger charge is 2.30. The van der Waals surface area contributed by atoms with E-state index >= 15 is 0 Å². The maximum absolute atomic E-state index is 12.8. The first-order valence-electron chi connectivity index (χ1n) is 11.4. The number of thiazole rings is 1. The molecular formula is C23H34N6OS. The summed E-state index contributed by atoms with van der Waals surface area (Å²) in [7, 11) is 0. The second-order valence-corrected chi connectivity index (χ2v) is 9.70. The van der Waals surface area contributed by atoms with Gasteiger partial charge < -0.3 is 10.2 Å². The van der Waals surface area contributed by atoms with Crippen LogP contribution in [0.4, 0.5) is 0 Å². The molecule has 0 spiro atoms. The largest absolute Gasteiger partial charge is 0.330 e. The van der Waals surface area contributed by atoms with Gasteiger partial charge in [0.15, 0.2) is 0 Å². The molecule has 0 bridgehead atoms. The predicted octanol–water partition coefficient (Wildman–Crippen LogP) is 2.85. The van der Waals surface area contributed by atoms with Gasteiger partial charge in [0, 0.05) is 44.1 Å². The fourth-order valence-corrected chi connectivity index (χ4v) is 5.45. The van der Waals surface area contributed by atoms with Crippen molar-refractivity contribution in [3.8, 4) is 0 Å². The van der Waals surface area contributed by atoms with Crippen molar-refractivity contribution in [3.05, 3.63) is 46.7 Å². The number of nitrogens with zero attached hydrogens (tertiary/aromatic N) is 5. The molecule has 4 heterocycles. The average molecular weight is 443 g/mol. The van der Waals surface area contributed by atoms with Crippen molar-refractivity contribution >= 4 is 17.2 Å². The summed E-state index contributed by atoms with van der Waals surface area (Å²) in [6.45, 7) is 11.1. The lowest BCUT2D eigenvalue weighted by molar-refractivity contribution is 0.0813. The number of nitrogens with one attached hydrogen (secondary N) is 1. The zero-order chi connectivity index (χ0) is 21.6. The standard InChI is InChI=1S/C23H34N6OS/c1-18(2)27-12-7-19(8-13-27)28-10-5-11-29(15-14-28)22(21-16-24-17-31-21)26-23(30)20-6-3-4-9-25-20/h3-4,6,9,16-19,22H,5,7-8,10-15H2,1-2H3,(H,26,30). The van der Waals surface area contributed by atoms with E-state index in [2.05, 4.69) is 43.8 Å². The molecule has 0 aromatic carbocycles. The average Bonchev–Trinajstić information content (AvgIpc) is 3.22. The molecule has 0 aliphatic carbocycles. The molecule has 1 atom stereocenters. The molecule has 2 saturated heterocycles. The third kappa shape index (κ3) is 5.68. The summed E-state index contributed by atoms with van der Waals surface area (Å²) in [4.78, 5) is 30.1. The third-order valence-electron chi connectivity index (χ3n) is 6.56. The second kappa shape index (κ2) is 10.6. The van der Waals surface area contributed by atoms with Crippen molar-refractivity contribution in [1.82, 2.24) is 30.0 Å². The molecule has 2 fully saturated rings. The Morgan fingerprint density at radius 3 is 2.61 bits per heavy atom. The lowest BCUT2D eigenvalue weighted by Gasteiger charge is -2.39. The summed E-state index contributed by atoms with van der Waals surface area (Å²) in [5.74, 6) is -0.138. The number of pyridine rings is 1. The van der Waals surface area contributed by atoms with Gasteiger partial charge in [-0.05, 0) is 64.9 Å². The van der Waals surface area contributed by atoms with Crippen molar-refractivity contribution < 1.29 is 4.79 Å². The van der Waals surface area contributed by atoms with Crippen LogP contribution in [0, 0.1) is 0 Å². The molecule has 2 aromatic rings. The van der Waals surface area contributed by atoms with E-state index in [0.29, 0.717) is 17.8 Å². The van der Waals surface area contributed by atoms with Crippen LogP contribution in [0.1, 0.15) is 54.6 Å². The van der Waals surface area contributed by atoms with Crippen LogP contribution in [0.2, 0.25) is 0 Å². The Labute approximate surface area is 189 Å². The van der Waals surface area contributed by atoms with Crippen LogP contribution in [-0.2, 0) is 0 Å². The van der Waals surface area contributed by atoms with Crippen molar-refractivity contribution in [2.45, 2.75) is 51.4 Å². The minimum absolute atomic E-state index is 0.138. The van der Waals surface area contributed by atoms with Gasteiger partial charge in [-0.1, -0.05) is 6.07 Å². The van der Waals surface area contributed by atoms with Crippen LogP contribution in [0.3, 0.4) is 0 Å². The molecule has 168 valence electrons. The Morgan fingerprint density at radius 2 is 1.94 bits per heavy atom. The van der Waals surface area contributed by atoms with Crippen LogP contribution < -0.4 is 5.32 Å². The number of amides is 1. The molecule has 31 heavy (non-hydrogen) atoms. The molecule has 2 aliphatic rings. The fraction of sp³-hybridized carbons (Fsp3) is 0.609. The quantitative estimate of drug-likeness (QED) is 0.742. The van der Waals surface area contributed by atoms with E-state index in [9.17, 15) is 4.79 Å². The van der Waals surface area contributed by atoms with Crippen molar-refractivity contribution in [1.29, 1.82) is 0 Å². The van der Waals surface area contributed by atoms with E-state index < -0.39 is 0 Å². The van der Waals surface area contributed by atoms with Gasteiger partial charge in [0.1, 0.15) is 11.9 Å². The first-order valence-corrected chi connectivity index (χ1v) is 12.3. The van der Waals surface area contributed by atoms with Crippen LogP contribution in [0.15, 0.2) is 36.1 Å². The zero-order valence-corrected chi connectivity index (χ0v) is 19.4. The predicted molar refractivity (Wildman–Crippen MR) is 124 cm³/mol. The molecule has 8 heteroatoms. The number of aromatic nitrogens is 2. The number of piperidine rings is 1. The number of carbonyl (C=O) groups is 1. The van der Waals surface area contributed by atoms with Crippen molar-refractivity contribution in [2.75, 3.05) is 39.3 Å². The van der Waals surface area contributed by atoms with Gasteiger partial charge in [-0.3, -0.25) is 24.6 Å². The highest BCUT2D eigenvalue weighted by atomic mass is 32.1. The second-order valence-electron chi connectivity index (χ2n) is 8.78. The normalized spacial score (nSPS) is 21.1. The minimum atomic E-state index is -0.162. The minimum Gasteiger partial charge on any atom is -0.330 e. The Kier molecular flexibility index (Phi) is 7.66.